The Labute approximate surface area is 215 Å². The Morgan fingerprint density at radius 2 is 1.89 bits per heavy atom. The van der Waals surface area contributed by atoms with Crippen molar-refractivity contribution in [2.45, 2.75) is 43.0 Å². The highest BCUT2D eigenvalue weighted by atomic mass is 32.2. The molecule has 1 fully saturated rings. The molecule has 0 saturated carbocycles. The van der Waals surface area contributed by atoms with E-state index in [1.807, 2.05) is 0 Å². The number of aromatic nitrogens is 2. The molecule has 5 rings (SSSR count). The summed E-state index contributed by atoms with van der Waals surface area (Å²) in [6.45, 7) is 0.157. The zero-order valence-corrected chi connectivity index (χ0v) is 20.6. The maximum Gasteiger partial charge on any atom is 0.433 e. The number of benzene rings is 1. The fourth-order valence-corrected chi connectivity index (χ4v) is 6.15. The highest BCUT2D eigenvalue weighted by Gasteiger charge is 2.40. The fraction of sp³-hybridized carbons (Fsp3) is 0.269. The molecule has 3 aromatic heterocycles. The second kappa shape index (κ2) is 9.91. The molecule has 1 aliphatic heterocycles. The van der Waals surface area contributed by atoms with Crippen molar-refractivity contribution in [1.29, 1.82) is 0 Å². The lowest BCUT2D eigenvalue weighted by molar-refractivity contribution is -0.141. The van der Waals surface area contributed by atoms with Crippen molar-refractivity contribution < 1.29 is 35.2 Å². The molecule has 198 valence electrons. The number of pyridine rings is 2. The van der Waals surface area contributed by atoms with Crippen molar-refractivity contribution in [1.82, 2.24) is 14.3 Å². The number of carbonyl (C=O) groups is 1. The minimum Gasteiger partial charge on any atom is -0.443 e. The van der Waals surface area contributed by atoms with Gasteiger partial charge in [0.25, 0.3) is 10.0 Å². The molecule has 0 bridgehead atoms. The van der Waals surface area contributed by atoms with Crippen LogP contribution in [0.5, 0.6) is 0 Å². The largest absolute Gasteiger partial charge is 0.443 e. The van der Waals surface area contributed by atoms with E-state index in [0.717, 1.165) is 22.1 Å². The second-order valence-electron chi connectivity index (χ2n) is 8.97. The predicted octanol–water partition coefficient (Wildman–Crippen LogP) is 5.40. The zero-order chi connectivity index (χ0) is 27.1. The lowest BCUT2D eigenvalue weighted by atomic mass is 10.0. The van der Waals surface area contributed by atoms with E-state index in [0.29, 0.717) is 29.5 Å². The maximum atomic E-state index is 13.5. The van der Waals surface area contributed by atoms with Crippen LogP contribution in [0.2, 0.25) is 0 Å². The van der Waals surface area contributed by atoms with Gasteiger partial charge in [-0.2, -0.15) is 17.5 Å². The van der Waals surface area contributed by atoms with Gasteiger partial charge >= 0.3 is 6.18 Å². The normalized spacial score (nSPS) is 16.8. The minimum atomic E-state index is -4.54. The minimum absolute atomic E-state index is 0.0523. The van der Waals surface area contributed by atoms with Crippen LogP contribution in [0.1, 0.15) is 30.5 Å². The van der Waals surface area contributed by atoms with Crippen LogP contribution in [-0.2, 0) is 27.4 Å². The van der Waals surface area contributed by atoms with Crippen LogP contribution in [-0.4, -0.2) is 41.1 Å². The van der Waals surface area contributed by atoms with Gasteiger partial charge < -0.3 is 4.42 Å². The summed E-state index contributed by atoms with van der Waals surface area (Å²) >= 11 is 0. The van der Waals surface area contributed by atoms with Crippen LogP contribution in [0.25, 0.3) is 22.2 Å². The first kappa shape index (κ1) is 26.0. The van der Waals surface area contributed by atoms with Gasteiger partial charge in [0.15, 0.2) is 5.78 Å². The molecule has 0 spiro atoms. The summed E-state index contributed by atoms with van der Waals surface area (Å²) in [4.78, 5) is 20.7. The van der Waals surface area contributed by atoms with Gasteiger partial charge in [-0.25, -0.2) is 12.8 Å². The third-order valence-corrected chi connectivity index (χ3v) is 8.19. The van der Waals surface area contributed by atoms with Gasteiger partial charge in [0.1, 0.15) is 17.1 Å². The van der Waals surface area contributed by atoms with E-state index in [1.54, 1.807) is 12.1 Å². The second-order valence-corrected chi connectivity index (χ2v) is 10.8. The molecule has 0 amide bonds. The molecule has 12 heteroatoms. The molecule has 1 aromatic carbocycles. The molecular formula is C26H21F4N3O4S. The number of ketones is 1. The molecule has 1 aliphatic rings. The average Bonchev–Trinajstić information content (AvgIpc) is 3.55. The quantitative estimate of drug-likeness (QED) is 0.288. The first-order valence-electron chi connectivity index (χ1n) is 11.7. The third kappa shape index (κ3) is 5.18. The Kier molecular flexibility index (Phi) is 6.78. The maximum absolute atomic E-state index is 13.5. The average molecular weight is 548 g/mol. The molecular weight excluding hydrogens is 526 g/mol. The number of halogens is 4. The topological polar surface area (TPSA) is 93.4 Å². The summed E-state index contributed by atoms with van der Waals surface area (Å²) in [7, 11) is -4.12. The summed E-state index contributed by atoms with van der Waals surface area (Å²) in [5, 5.41) is -0.0379. The van der Waals surface area contributed by atoms with Crippen LogP contribution in [0.15, 0.2) is 70.4 Å². The summed E-state index contributed by atoms with van der Waals surface area (Å²) in [5.74, 6) is -0.784. The first-order chi connectivity index (χ1) is 18.0. The number of alkyl halides is 3. The van der Waals surface area contributed by atoms with E-state index < -0.39 is 33.8 Å². The molecule has 4 aromatic rings. The number of sulfonamides is 1. The van der Waals surface area contributed by atoms with Gasteiger partial charge in [0.2, 0.25) is 5.09 Å². The smallest absolute Gasteiger partial charge is 0.433 e. The number of carbonyl (C=O) groups excluding carboxylic acids is 1. The highest BCUT2D eigenvalue weighted by molar-refractivity contribution is 7.89. The van der Waals surface area contributed by atoms with Crippen LogP contribution in [0.3, 0.4) is 0 Å². The van der Waals surface area contributed by atoms with E-state index in [2.05, 4.69) is 9.97 Å². The van der Waals surface area contributed by atoms with Gasteiger partial charge in [-0.15, -0.1) is 0 Å². The molecule has 0 radical (unpaired) electrons. The molecule has 38 heavy (non-hydrogen) atoms. The molecule has 1 saturated heterocycles. The van der Waals surface area contributed by atoms with Crippen molar-refractivity contribution in [2.24, 2.45) is 0 Å². The van der Waals surface area contributed by atoms with Gasteiger partial charge in [0, 0.05) is 42.4 Å². The number of aryl methyl sites for hydroxylation is 1. The summed E-state index contributed by atoms with van der Waals surface area (Å²) < 4.78 is 85.0. The van der Waals surface area contributed by atoms with E-state index in [9.17, 15) is 30.8 Å². The van der Waals surface area contributed by atoms with E-state index in [4.69, 9.17) is 4.42 Å². The van der Waals surface area contributed by atoms with Gasteiger partial charge in [-0.05, 0) is 67.3 Å². The zero-order valence-electron chi connectivity index (χ0n) is 19.8. The van der Waals surface area contributed by atoms with Crippen molar-refractivity contribution in [3.05, 3.63) is 78.0 Å². The lowest BCUT2D eigenvalue weighted by Gasteiger charge is -2.21. The van der Waals surface area contributed by atoms with Crippen molar-refractivity contribution in [2.75, 3.05) is 6.54 Å². The van der Waals surface area contributed by atoms with Crippen LogP contribution in [0.4, 0.5) is 17.6 Å². The number of furan rings is 1. The predicted molar refractivity (Wildman–Crippen MR) is 129 cm³/mol. The van der Waals surface area contributed by atoms with Crippen LogP contribution in [0, 0.1) is 5.82 Å². The summed E-state index contributed by atoms with van der Waals surface area (Å²) in [6, 6.07) is 9.59. The Morgan fingerprint density at radius 1 is 1.08 bits per heavy atom. The number of Topliss-reactive ketones (excluding diaryl/α,β-unsaturated/α-hetero) is 1. The molecule has 4 heterocycles. The van der Waals surface area contributed by atoms with Crippen LogP contribution >= 0.6 is 0 Å². The molecule has 7 nitrogen and oxygen atoms in total. The molecule has 0 N–H and O–H groups in total. The lowest BCUT2D eigenvalue weighted by Crippen LogP contribution is -2.40. The highest BCUT2D eigenvalue weighted by Crippen LogP contribution is 2.32. The van der Waals surface area contributed by atoms with Crippen LogP contribution < -0.4 is 0 Å². The fourth-order valence-electron chi connectivity index (χ4n) is 4.52. The van der Waals surface area contributed by atoms with Gasteiger partial charge in [0.05, 0.1) is 11.7 Å². The van der Waals surface area contributed by atoms with Gasteiger partial charge in [-0.1, -0.05) is 0 Å². The Hall–Kier alpha value is -3.64. The third-order valence-electron chi connectivity index (χ3n) is 6.43. The molecule has 1 atom stereocenters. The number of nitrogens with zero attached hydrogens (tertiary/aromatic N) is 3. The van der Waals surface area contributed by atoms with Gasteiger partial charge in [-0.3, -0.25) is 14.8 Å². The summed E-state index contributed by atoms with van der Waals surface area (Å²) in [6.07, 6.45) is -0.751. The Balaban J connectivity index is 1.28. The Bertz CT molecular complexity index is 1600. The molecule has 0 aliphatic carbocycles. The van der Waals surface area contributed by atoms with Crippen molar-refractivity contribution in [3.8, 4) is 11.3 Å². The van der Waals surface area contributed by atoms with E-state index in [1.165, 1.54) is 36.5 Å². The number of hydrogen-bond donors (Lipinski definition) is 0. The Morgan fingerprint density at radius 3 is 2.63 bits per heavy atom. The summed E-state index contributed by atoms with van der Waals surface area (Å²) in [5.41, 5.74) is 0.736. The molecule has 1 unspecified atom stereocenters. The monoisotopic (exact) mass is 547 g/mol. The van der Waals surface area contributed by atoms with E-state index >= 15 is 0 Å². The standard InChI is InChI=1S/C26H21F4N3O4S/c27-19-5-7-23-18(13-19)14-25(37-23)38(35,36)33-11-1-2-21(33)22(34)6-3-16-9-10-31-20(12-16)17-4-8-24(32-15-17)26(28,29)30/h4-5,7-10,12-15,21H,1-3,6,11H2. The number of rotatable bonds is 7. The van der Waals surface area contributed by atoms with E-state index in [-0.39, 0.29) is 35.8 Å². The first-order valence-corrected chi connectivity index (χ1v) is 13.2. The SMILES string of the molecule is O=C(CCc1ccnc(-c2ccc(C(F)(F)F)nc2)c1)C1CCCN1S(=O)(=O)c1cc2cc(F)ccc2o1. The number of fused-ring (bicyclic) bond motifs is 1. The van der Waals surface area contributed by atoms with Crippen molar-refractivity contribution in [3.63, 3.8) is 0 Å². The number of hydrogen-bond acceptors (Lipinski definition) is 6. The van der Waals surface area contributed by atoms with Crippen molar-refractivity contribution >= 4 is 26.8 Å².